The minimum atomic E-state index is -4.16. The summed E-state index contributed by atoms with van der Waals surface area (Å²) >= 11 is 0. The summed E-state index contributed by atoms with van der Waals surface area (Å²) in [5, 5.41) is 0. The van der Waals surface area contributed by atoms with Crippen molar-refractivity contribution >= 4 is 10.3 Å². The summed E-state index contributed by atoms with van der Waals surface area (Å²) < 4.78 is 29.7. The molecule has 0 atom stereocenters. The van der Waals surface area contributed by atoms with Crippen LogP contribution in [0.3, 0.4) is 0 Å². The number of hydrogen-bond donors (Lipinski definition) is 0. The van der Waals surface area contributed by atoms with E-state index < -0.39 is 10.3 Å². The van der Waals surface area contributed by atoms with Crippen LogP contribution in [-0.4, -0.2) is 26.8 Å². The number of rotatable bonds is 1. The van der Waals surface area contributed by atoms with Gasteiger partial charge in [0.05, 0.1) is 0 Å². The first-order chi connectivity index (χ1) is 2.94. The van der Waals surface area contributed by atoms with Gasteiger partial charge in [-0.15, -0.1) is 0 Å². The lowest BCUT2D eigenvalue weighted by Gasteiger charge is -1.98. The van der Waals surface area contributed by atoms with E-state index in [1.54, 1.807) is 0 Å². The van der Waals surface area contributed by atoms with Crippen molar-refractivity contribution in [3.05, 3.63) is 0 Å². The second kappa shape index (κ2) is 1.77. The van der Waals surface area contributed by atoms with E-state index in [1.165, 1.54) is 14.1 Å². The van der Waals surface area contributed by atoms with E-state index in [0.29, 0.717) is 4.31 Å². The van der Waals surface area contributed by atoms with Gasteiger partial charge in [-0.25, -0.2) is 0 Å². The van der Waals surface area contributed by atoms with Crippen molar-refractivity contribution in [1.29, 1.82) is 0 Å². The lowest BCUT2D eigenvalue weighted by atomic mass is 11.3. The molecule has 0 N–H and O–H groups in total. The van der Waals surface area contributed by atoms with Gasteiger partial charge in [-0.2, -0.15) is 12.7 Å². The Morgan fingerprint density at radius 2 is 1.43 bits per heavy atom. The molecule has 4 nitrogen and oxygen atoms in total. The highest BCUT2D eigenvalue weighted by Gasteiger charge is 2.07. The van der Waals surface area contributed by atoms with Gasteiger partial charge >= 0.3 is 10.3 Å². The fourth-order valence-corrected chi connectivity index (χ4v) is 0. The molecule has 1 radical (unpaired) electrons. The van der Waals surface area contributed by atoms with Crippen LogP contribution in [0.15, 0.2) is 0 Å². The zero-order chi connectivity index (χ0) is 6.08. The predicted octanol–water partition coefficient (Wildman–Crippen LogP) is -0.777. The minimum absolute atomic E-state index is 0.604. The van der Waals surface area contributed by atoms with Crippen molar-refractivity contribution in [2.45, 2.75) is 0 Å². The second-order valence-electron chi connectivity index (χ2n) is 1.24. The molecule has 0 saturated carbocycles. The third kappa shape index (κ3) is 2.55. The Morgan fingerprint density at radius 1 is 1.29 bits per heavy atom. The van der Waals surface area contributed by atoms with E-state index in [-0.39, 0.29) is 0 Å². The minimum Gasteiger partial charge on any atom is -0.183 e. The summed E-state index contributed by atoms with van der Waals surface area (Å²) in [5.41, 5.74) is 0. The van der Waals surface area contributed by atoms with Gasteiger partial charge in [0.2, 0.25) is 0 Å². The highest BCUT2D eigenvalue weighted by atomic mass is 32.2. The van der Waals surface area contributed by atoms with Crippen LogP contribution < -0.4 is 0 Å². The molecule has 5 heteroatoms. The normalized spacial score (nSPS) is 12.6. The van der Waals surface area contributed by atoms with Crippen molar-refractivity contribution in [1.82, 2.24) is 4.31 Å². The Labute approximate surface area is 42.6 Å². The zero-order valence-corrected chi connectivity index (χ0v) is 4.90. The maximum atomic E-state index is 9.70. The summed E-state index contributed by atoms with van der Waals surface area (Å²) in [6.45, 7) is 0. The lowest BCUT2D eigenvalue weighted by molar-refractivity contribution is 0.361. The molecule has 0 unspecified atom stereocenters. The van der Waals surface area contributed by atoms with Crippen LogP contribution in [0.2, 0.25) is 0 Å². The quantitative estimate of drug-likeness (QED) is 0.460. The fourth-order valence-electron chi connectivity index (χ4n) is 0. The van der Waals surface area contributed by atoms with Crippen molar-refractivity contribution in [3.8, 4) is 0 Å². The van der Waals surface area contributed by atoms with Crippen LogP contribution >= 0.6 is 0 Å². The molecule has 0 spiro atoms. The maximum Gasteiger partial charge on any atom is 0.365 e. The molecule has 43 valence electrons. The summed E-state index contributed by atoms with van der Waals surface area (Å²) in [6, 6.07) is 0. The summed E-state index contributed by atoms with van der Waals surface area (Å²) in [7, 11) is -1.79. The van der Waals surface area contributed by atoms with Crippen LogP contribution in [0.5, 0.6) is 0 Å². The third-order valence-electron chi connectivity index (χ3n) is 0.447. The average Bonchev–Trinajstić information content (AvgIpc) is 1.31. The Hall–Kier alpha value is -0.130. The summed E-state index contributed by atoms with van der Waals surface area (Å²) in [5.74, 6) is 0. The van der Waals surface area contributed by atoms with E-state index in [2.05, 4.69) is 0 Å². The molecule has 0 aliphatic carbocycles. The van der Waals surface area contributed by atoms with Crippen LogP contribution in [0, 0.1) is 0 Å². The predicted molar refractivity (Wildman–Crippen MR) is 23.3 cm³/mol. The fraction of sp³-hybridized carbons (Fsp3) is 1.00. The Morgan fingerprint density at radius 3 is 1.43 bits per heavy atom. The molecule has 0 fully saturated rings. The molecule has 0 bridgehead atoms. The first kappa shape index (κ1) is 6.87. The summed E-state index contributed by atoms with van der Waals surface area (Å²) in [4.78, 5) is 0. The maximum absolute atomic E-state index is 9.70. The molecule has 0 heterocycles. The average molecular weight is 124 g/mol. The molecule has 0 saturated heterocycles. The van der Waals surface area contributed by atoms with Gasteiger partial charge in [0.25, 0.3) is 0 Å². The molecule has 7 heavy (non-hydrogen) atoms. The third-order valence-corrected chi connectivity index (χ3v) is 1.34. The van der Waals surface area contributed by atoms with Crippen molar-refractivity contribution in [3.63, 3.8) is 0 Å². The lowest BCUT2D eigenvalue weighted by Crippen LogP contribution is -2.19. The van der Waals surface area contributed by atoms with Gasteiger partial charge in [-0.1, -0.05) is 4.55 Å². The van der Waals surface area contributed by atoms with Crippen LogP contribution in [0.4, 0.5) is 0 Å². The van der Waals surface area contributed by atoms with Gasteiger partial charge in [-0.05, 0) is 0 Å². The van der Waals surface area contributed by atoms with E-state index in [1.807, 2.05) is 0 Å². The van der Waals surface area contributed by atoms with Gasteiger partial charge < -0.3 is 0 Å². The standard InChI is InChI=1S/C2H6NO3S/c1-3(2)7(4,5)6/h1-2H3. The summed E-state index contributed by atoms with van der Waals surface area (Å²) in [6.07, 6.45) is 0. The van der Waals surface area contributed by atoms with Gasteiger partial charge in [0.1, 0.15) is 0 Å². The van der Waals surface area contributed by atoms with Crippen molar-refractivity contribution < 1.29 is 13.0 Å². The Balaban J connectivity index is 4.10. The monoisotopic (exact) mass is 124 g/mol. The van der Waals surface area contributed by atoms with E-state index >= 15 is 0 Å². The smallest absolute Gasteiger partial charge is 0.183 e. The molecule has 0 aromatic heterocycles. The SMILES string of the molecule is CN(C)S([O])(=O)=O. The van der Waals surface area contributed by atoms with Gasteiger partial charge in [0.15, 0.2) is 0 Å². The topological polar surface area (TPSA) is 57.3 Å². The molecule has 0 aromatic carbocycles. The Bertz CT molecular complexity index is 135. The van der Waals surface area contributed by atoms with E-state index in [9.17, 15) is 13.0 Å². The molecule has 0 amide bonds. The number of nitrogens with zero attached hydrogens (tertiary/aromatic N) is 1. The molecule has 0 aromatic rings. The second-order valence-corrected chi connectivity index (χ2v) is 2.83. The van der Waals surface area contributed by atoms with Gasteiger partial charge in [-0.3, -0.25) is 0 Å². The van der Waals surface area contributed by atoms with Gasteiger partial charge in [0, 0.05) is 14.1 Å². The molecule has 0 rings (SSSR count). The number of hydrogen-bond acceptors (Lipinski definition) is 2. The van der Waals surface area contributed by atoms with Crippen LogP contribution in [0.25, 0.3) is 0 Å². The van der Waals surface area contributed by atoms with E-state index in [0.717, 1.165) is 0 Å². The molecular weight excluding hydrogens is 118 g/mol. The first-order valence-corrected chi connectivity index (χ1v) is 2.94. The first-order valence-electron chi connectivity index (χ1n) is 1.58. The molecule has 0 aliphatic rings. The van der Waals surface area contributed by atoms with E-state index in [4.69, 9.17) is 0 Å². The van der Waals surface area contributed by atoms with Crippen molar-refractivity contribution in [2.75, 3.05) is 14.1 Å². The highest BCUT2D eigenvalue weighted by molar-refractivity contribution is 7.83. The molecular formula is C2H6NO3S. The molecule has 0 aliphatic heterocycles. The highest BCUT2D eigenvalue weighted by Crippen LogP contribution is 1.83. The van der Waals surface area contributed by atoms with Crippen LogP contribution in [-0.2, 0) is 14.9 Å². The Kier molecular flexibility index (Phi) is 1.74. The largest absolute Gasteiger partial charge is 0.365 e. The zero-order valence-electron chi connectivity index (χ0n) is 4.08. The van der Waals surface area contributed by atoms with Crippen LogP contribution in [0.1, 0.15) is 0 Å². The van der Waals surface area contributed by atoms with Crippen molar-refractivity contribution in [2.24, 2.45) is 0 Å².